The van der Waals surface area contributed by atoms with Gasteiger partial charge in [0, 0.05) is 11.6 Å². The third kappa shape index (κ3) is 4.06. The van der Waals surface area contributed by atoms with Gasteiger partial charge in [-0.05, 0) is 19.1 Å². The lowest BCUT2D eigenvalue weighted by molar-refractivity contribution is -0.142. The van der Waals surface area contributed by atoms with Crippen molar-refractivity contribution in [2.24, 2.45) is 10.9 Å². The van der Waals surface area contributed by atoms with Crippen molar-refractivity contribution in [2.45, 2.75) is 12.3 Å². The second kappa shape index (κ2) is 6.90. The molecule has 1 aromatic heterocycles. The summed E-state index contributed by atoms with van der Waals surface area (Å²) in [5.74, 6) is -0.0802. The quantitative estimate of drug-likeness (QED) is 0.300. The van der Waals surface area contributed by atoms with Gasteiger partial charge in [0.1, 0.15) is 23.3 Å². The minimum absolute atomic E-state index is 0.0219. The number of nitrogens with zero attached hydrogens (tertiary/aromatic N) is 2. The molecule has 0 fully saturated rings. The summed E-state index contributed by atoms with van der Waals surface area (Å²) in [5.41, 5.74) is 6.32. The van der Waals surface area contributed by atoms with E-state index in [0.717, 1.165) is 10.9 Å². The molecule has 1 aromatic carbocycles. The maximum absolute atomic E-state index is 11.1. The summed E-state index contributed by atoms with van der Waals surface area (Å²) in [6, 6.07) is 9.32. The minimum Gasteiger partial charge on any atom is -0.483 e. The SMILES string of the molecule is CC(Cl)C(=O)O/N=C(\N)COc1cccc2cccnc12. The minimum atomic E-state index is -0.787. The highest BCUT2D eigenvalue weighted by atomic mass is 35.5. The Morgan fingerprint density at radius 2 is 2.19 bits per heavy atom. The first-order valence-corrected chi connectivity index (χ1v) is 6.65. The van der Waals surface area contributed by atoms with Crippen LogP contribution in [0.2, 0.25) is 0 Å². The number of carbonyl (C=O) groups excluding carboxylic acids is 1. The number of oxime groups is 1. The molecule has 7 heteroatoms. The highest BCUT2D eigenvalue weighted by Gasteiger charge is 2.11. The number of nitrogens with two attached hydrogens (primary N) is 1. The number of hydrogen-bond acceptors (Lipinski definition) is 5. The van der Waals surface area contributed by atoms with E-state index in [1.165, 1.54) is 6.92 Å². The zero-order valence-corrected chi connectivity index (χ0v) is 12.1. The van der Waals surface area contributed by atoms with Crippen LogP contribution in [-0.2, 0) is 9.63 Å². The number of amidine groups is 1. The van der Waals surface area contributed by atoms with Crippen LogP contribution < -0.4 is 10.5 Å². The molecule has 21 heavy (non-hydrogen) atoms. The molecule has 1 atom stereocenters. The van der Waals surface area contributed by atoms with Gasteiger partial charge in [0.05, 0.1) is 0 Å². The number of alkyl halides is 1. The standard InChI is InChI=1S/C14H14ClN3O3/c1-9(15)14(19)21-18-12(16)8-20-11-6-2-4-10-5-3-7-17-13(10)11/h2-7,9H,8H2,1H3,(H2,16,18). The van der Waals surface area contributed by atoms with Crippen molar-refractivity contribution in [1.29, 1.82) is 0 Å². The number of pyridine rings is 1. The largest absolute Gasteiger partial charge is 0.483 e. The molecule has 0 aliphatic carbocycles. The second-order valence-corrected chi connectivity index (χ2v) is 4.88. The summed E-state index contributed by atoms with van der Waals surface area (Å²) in [4.78, 5) is 19.9. The number of rotatable bonds is 5. The van der Waals surface area contributed by atoms with Crippen molar-refractivity contribution in [2.75, 3.05) is 6.61 Å². The van der Waals surface area contributed by atoms with Gasteiger partial charge in [-0.1, -0.05) is 23.4 Å². The molecule has 2 rings (SSSR count). The van der Waals surface area contributed by atoms with Crippen LogP contribution in [0.3, 0.4) is 0 Å². The van der Waals surface area contributed by atoms with Crippen LogP contribution in [0, 0.1) is 0 Å². The molecule has 0 amide bonds. The van der Waals surface area contributed by atoms with Crippen molar-refractivity contribution in [3.63, 3.8) is 0 Å². The maximum atomic E-state index is 11.1. The Bertz CT molecular complexity index is 668. The summed E-state index contributed by atoms with van der Waals surface area (Å²) in [6.07, 6.45) is 1.68. The summed E-state index contributed by atoms with van der Waals surface area (Å²) in [5, 5.41) is 3.62. The lowest BCUT2D eigenvalue weighted by Crippen LogP contribution is -2.23. The number of hydrogen-bond donors (Lipinski definition) is 1. The van der Waals surface area contributed by atoms with Crippen LogP contribution >= 0.6 is 11.6 Å². The summed E-state index contributed by atoms with van der Waals surface area (Å²) in [7, 11) is 0. The monoisotopic (exact) mass is 307 g/mol. The van der Waals surface area contributed by atoms with Crippen LogP contribution in [0.25, 0.3) is 10.9 Å². The molecule has 0 aliphatic rings. The highest BCUT2D eigenvalue weighted by molar-refractivity contribution is 6.29. The number of halogens is 1. The van der Waals surface area contributed by atoms with Crippen LogP contribution in [0.5, 0.6) is 5.75 Å². The van der Waals surface area contributed by atoms with Crippen molar-refractivity contribution >= 4 is 34.3 Å². The average Bonchev–Trinajstić information content (AvgIpc) is 2.50. The zero-order chi connectivity index (χ0) is 15.2. The predicted molar refractivity (Wildman–Crippen MR) is 80.3 cm³/mol. The van der Waals surface area contributed by atoms with Gasteiger partial charge in [-0.2, -0.15) is 0 Å². The lowest BCUT2D eigenvalue weighted by atomic mass is 10.2. The van der Waals surface area contributed by atoms with E-state index in [1.54, 1.807) is 12.3 Å². The van der Waals surface area contributed by atoms with E-state index < -0.39 is 11.3 Å². The Balaban J connectivity index is 2.01. The molecule has 0 bridgehead atoms. The topological polar surface area (TPSA) is 86.8 Å². The Morgan fingerprint density at radius 3 is 2.95 bits per heavy atom. The molecule has 1 unspecified atom stereocenters. The van der Waals surface area contributed by atoms with Crippen LogP contribution in [0.15, 0.2) is 41.7 Å². The fraction of sp³-hybridized carbons (Fsp3) is 0.214. The number of carbonyl (C=O) groups is 1. The first-order chi connectivity index (χ1) is 10.1. The van der Waals surface area contributed by atoms with Gasteiger partial charge in [0.2, 0.25) is 0 Å². The fourth-order valence-electron chi connectivity index (χ4n) is 1.55. The molecule has 110 valence electrons. The summed E-state index contributed by atoms with van der Waals surface area (Å²) in [6.45, 7) is 1.45. The van der Waals surface area contributed by atoms with Crippen molar-refractivity contribution < 1.29 is 14.4 Å². The average molecular weight is 308 g/mol. The van der Waals surface area contributed by atoms with E-state index in [0.29, 0.717) is 5.75 Å². The van der Waals surface area contributed by atoms with Gasteiger partial charge < -0.3 is 15.3 Å². The Morgan fingerprint density at radius 1 is 1.43 bits per heavy atom. The maximum Gasteiger partial charge on any atom is 0.352 e. The predicted octanol–water partition coefficient (Wildman–Crippen LogP) is 2.06. The third-order valence-electron chi connectivity index (χ3n) is 2.55. The zero-order valence-electron chi connectivity index (χ0n) is 11.3. The van der Waals surface area contributed by atoms with Gasteiger partial charge in [-0.3, -0.25) is 4.98 Å². The molecule has 2 N–H and O–H groups in total. The summed E-state index contributed by atoms with van der Waals surface area (Å²) < 4.78 is 5.53. The number of benzene rings is 1. The number of fused-ring (bicyclic) bond motifs is 1. The van der Waals surface area contributed by atoms with E-state index in [9.17, 15) is 4.79 Å². The molecule has 0 aliphatic heterocycles. The first kappa shape index (κ1) is 15.1. The molecule has 6 nitrogen and oxygen atoms in total. The van der Waals surface area contributed by atoms with Crippen molar-refractivity contribution in [3.05, 3.63) is 36.5 Å². The second-order valence-electron chi connectivity index (χ2n) is 4.23. The lowest BCUT2D eigenvalue weighted by Gasteiger charge is -2.08. The smallest absolute Gasteiger partial charge is 0.352 e. The van der Waals surface area contributed by atoms with Gasteiger partial charge in [0.25, 0.3) is 0 Å². The molecular formula is C14H14ClN3O3. The highest BCUT2D eigenvalue weighted by Crippen LogP contribution is 2.22. The number of para-hydroxylation sites is 1. The van der Waals surface area contributed by atoms with Crippen LogP contribution in [0.4, 0.5) is 0 Å². The molecule has 0 saturated heterocycles. The van der Waals surface area contributed by atoms with Crippen molar-refractivity contribution in [1.82, 2.24) is 4.98 Å². The van der Waals surface area contributed by atoms with E-state index in [2.05, 4.69) is 15.0 Å². The molecular weight excluding hydrogens is 294 g/mol. The van der Waals surface area contributed by atoms with E-state index in [4.69, 9.17) is 22.1 Å². The number of ether oxygens (including phenoxy) is 1. The molecule has 0 spiro atoms. The van der Waals surface area contributed by atoms with E-state index in [-0.39, 0.29) is 12.4 Å². The molecule has 0 radical (unpaired) electrons. The van der Waals surface area contributed by atoms with Crippen molar-refractivity contribution in [3.8, 4) is 5.75 Å². The van der Waals surface area contributed by atoms with E-state index in [1.807, 2.05) is 24.3 Å². The molecule has 1 heterocycles. The summed E-state index contributed by atoms with van der Waals surface area (Å²) >= 11 is 5.53. The Kier molecular flexibility index (Phi) is 4.94. The molecule has 0 saturated carbocycles. The van der Waals surface area contributed by atoms with Gasteiger partial charge in [0.15, 0.2) is 5.84 Å². The Labute approximate surface area is 126 Å². The Hall–Kier alpha value is -2.34. The fourth-order valence-corrected chi connectivity index (χ4v) is 1.59. The first-order valence-electron chi connectivity index (χ1n) is 6.21. The van der Waals surface area contributed by atoms with Gasteiger partial charge >= 0.3 is 5.97 Å². The van der Waals surface area contributed by atoms with Gasteiger partial charge in [-0.25, -0.2) is 4.79 Å². The van der Waals surface area contributed by atoms with Crippen LogP contribution in [0.1, 0.15) is 6.92 Å². The molecule has 2 aromatic rings. The normalized spacial score (nSPS) is 13.0. The number of aromatic nitrogens is 1. The van der Waals surface area contributed by atoms with Crippen LogP contribution in [-0.4, -0.2) is 28.8 Å². The third-order valence-corrected chi connectivity index (χ3v) is 2.73. The van der Waals surface area contributed by atoms with E-state index >= 15 is 0 Å². The van der Waals surface area contributed by atoms with Gasteiger partial charge in [-0.15, -0.1) is 11.6 Å².